The lowest BCUT2D eigenvalue weighted by Gasteiger charge is -1.93. The van der Waals surface area contributed by atoms with Gasteiger partial charge in [-0.05, 0) is 12.1 Å². The maximum atomic E-state index is 4.98. The maximum absolute atomic E-state index is 4.98. The Bertz CT molecular complexity index is 121. The standard InChI is InChI=1S/C4H6N3/c5-6-7-3-1-2-4-7/h1-3,6H,5H2. The first-order valence-electron chi connectivity index (χ1n) is 1.95. The van der Waals surface area contributed by atoms with Crippen molar-refractivity contribution in [3.05, 3.63) is 24.5 Å². The van der Waals surface area contributed by atoms with Gasteiger partial charge in [0.25, 0.3) is 0 Å². The lowest BCUT2D eigenvalue weighted by molar-refractivity contribution is 0.882. The smallest absolute Gasteiger partial charge is 0.0891 e. The van der Waals surface area contributed by atoms with E-state index in [4.69, 9.17) is 5.84 Å². The van der Waals surface area contributed by atoms with Crippen molar-refractivity contribution < 1.29 is 0 Å². The zero-order valence-electron chi connectivity index (χ0n) is 3.76. The molecule has 3 N–H and O–H groups in total. The van der Waals surface area contributed by atoms with Crippen molar-refractivity contribution in [2.24, 2.45) is 5.84 Å². The molecule has 37 valence electrons. The fourth-order valence-corrected chi connectivity index (χ4v) is 0.376. The maximum Gasteiger partial charge on any atom is 0.0891 e. The van der Waals surface area contributed by atoms with E-state index in [1.807, 2.05) is 6.07 Å². The van der Waals surface area contributed by atoms with Crippen molar-refractivity contribution in [1.82, 2.24) is 4.68 Å². The Labute approximate surface area is 41.7 Å². The average molecular weight is 96.1 g/mol. The molecule has 1 aromatic heterocycles. The SMILES string of the molecule is NNn1[c]ccc1. The number of hydrogen-bond acceptors (Lipinski definition) is 2. The van der Waals surface area contributed by atoms with Crippen molar-refractivity contribution in [2.75, 3.05) is 5.53 Å². The molecule has 0 saturated heterocycles. The molecule has 3 heteroatoms. The fourth-order valence-electron chi connectivity index (χ4n) is 0.376. The molecule has 0 aliphatic carbocycles. The zero-order valence-corrected chi connectivity index (χ0v) is 3.76. The fraction of sp³-hybridized carbons (Fsp3) is 0. The number of nitrogens with one attached hydrogen (secondary N) is 1. The summed E-state index contributed by atoms with van der Waals surface area (Å²) < 4.78 is 1.53. The van der Waals surface area contributed by atoms with E-state index in [0.717, 1.165) is 0 Å². The van der Waals surface area contributed by atoms with Crippen molar-refractivity contribution in [3.8, 4) is 0 Å². The predicted octanol–water partition coefficient (Wildman–Crippen LogP) is -0.295. The molecule has 0 bridgehead atoms. The third kappa shape index (κ3) is 0.721. The van der Waals surface area contributed by atoms with Crippen LogP contribution in [-0.4, -0.2) is 4.68 Å². The number of nitrogens with two attached hydrogens (primary N) is 1. The van der Waals surface area contributed by atoms with Gasteiger partial charge in [0.1, 0.15) is 0 Å². The molecule has 1 aromatic rings. The highest BCUT2D eigenvalue weighted by Crippen LogP contribution is 1.79. The van der Waals surface area contributed by atoms with Crippen molar-refractivity contribution in [3.63, 3.8) is 0 Å². The van der Waals surface area contributed by atoms with Gasteiger partial charge in [-0.15, -0.1) is 0 Å². The first-order chi connectivity index (χ1) is 3.43. The summed E-state index contributed by atoms with van der Waals surface area (Å²) in [5.41, 5.74) is 2.37. The monoisotopic (exact) mass is 96.1 g/mol. The third-order valence-corrected chi connectivity index (χ3v) is 0.684. The van der Waals surface area contributed by atoms with E-state index in [0.29, 0.717) is 0 Å². The van der Waals surface area contributed by atoms with Gasteiger partial charge in [0.2, 0.25) is 0 Å². The van der Waals surface area contributed by atoms with Crippen LogP contribution in [0.5, 0.6) is 0 Å². The van der Waals surface area contributed by atoms with E-state index in [9.17, 15) is 0 Å². The van der Waals surface area contributed by atoms with Crippen molar-refractivity contribution >= 4 is 0 Å². The molecular formula is C4H6N3. The third-order valence-electron chi connectivity index (χ3n) is 0.684. The number of nitrogens with zero attached hydrogens (tertiary/aromatic N) is 1. The topological polar surface area (TPSA) is 43.0 Å². The minimum absolute atomic E-state index is 1.53. The first-order valence-corrected chi connectivity index (χ1v) is 1.95. The van der Waals surface area contributed by atoms with Crippen LogP contribution in [-0.2, 0) is 0 Å². The number of aromatic nitrogens is 1. The quantitative estimate of drug-likeness (QED) is 0.372. The summed E-state index contributed by atoms with van der Waals surface area (Å²) in [7, 11) is 0. The van der Waals surface area contributed by atoms with Gasteiger partial charge in [-0.25, -0.2) is 5.84 Å². The molecule has 0 unspecified atom stereocenters. The highest BCUT2D eigenvalue weighted by molar-refractivity contribution is 4.89. The van der Waals surface area contributed by atoms with Crippen molar-refractivity contribution in [1.29, 1.82) is 0 Å². The molecule has 0 aliphatic rings. The van der Waals surface area contributed by atoms with Gasteiger partial charge in [-0.2, -0.15) is 0 Å². The number of hydrogen-bond donors (Lipinski definition) is 2. The summed E-state index contributed by atoms with van der Waals surface area (Å²) in [6, 6.07) is 3.60. The Balaban J connectivity index is 2.76. The summed E-state index contributed by atoms with van der Waals surface area (Å²) in [4.78, 5) is 0. The highest BCUT2D eigenvalue weighted by atomic mass is 15.5. The molecule has 0 saturated carbocycles. The Kier molecular flexibility index (Phi) is 0.997. The van der Waals surface area contributed by atoms with E-state index in [-0.39, 0.29) is 0 Å². The van der Waals surface area contributed by atoms with Crippen LogP contribution in [0.1, 0.15) is 0 Å². The zero-order chi connectivity index (χ0) is 5.11. The van der Waals surface area contributed by atoms with E-state index < -0.39 is 0 Å². The summed E-state index contributed by atoms with van der Waals surface area (Å²) in [5, 5.41) is 0. The second-order valence-electron chi connectivity index (χ2n) is 1.14. The van der Waals surface area contributed by atoms with Gasteiger partial charge in [0.15, 0.2) is 0 Å². The molecule has 1 heterocycles. The number of rotatable bonds is 1. The van der Waals surface area contributed by atoms with Gasteiger partial charge >= 0.3 is 0 Å². The molecule has 0 aliphatic heterocycles. The van der Waals surface area contributed by atoms with E-state index >= 15 is 0 Å². The summed E-state index contributed by atoms with van der Waals surface area (Å²) in [5.74, 6) is 4.98. The minimum Gasteiger partial charge on any atom is -0.262 e. The van der Waals surface area contributed by atoms with Crippen molar-refractivity contribution in [2.45, 2.75) is 0 Å². The summed E-state index contributed by atoms with van der Waals surface area (Å²) in [6.07, 6.45) is 4.53. The predicted molar refractivity (Wildman–Crippen MR) is 26.8 cm³/mol. The molecule has 0 spiro atoms. The van der Waals surface area contributed by atoms with Crippen LogP contribution in [0.3, 0.4) is 0 Å². The molecule has 0 aromatic carbocycles. The van der Waals surface area contributed by atoms with E-state index in [2.05, 4.69) is 11.7 Å². The molecule has 0 amide bonds. The van der Waals surface area contributed by atoms with E-state index in [1.165, 1.54) is 4.68 Å². The van der Waals surface area contributed by atoms with Gasteiger partial charge in [-0.1, -0.05) is 0 Å². The second-order valence-corrected chi connectivity index (χ2v) is 1.14. The molecule has 0 fully saturated rings. The second kappa shape index (κ2) is 1.66. The van der Waals surface area contributed by atoms with Crippen LogP contribution < -0.4 is 11.4 Å². The van der Waals surface area contributed by atoms with Gasteiger partial charge in [0, 0.05) is 6.20 Å². The molecular weight excluding hydrogens is 90.1 g/mol. The highest BCUT2D eigenvalue weighted by Gasteiger charge is 1.75. The van der Waals surface area contributed by atoms with Crippen LogP contribution in [0, 0.1) is 6.20 Å². The van der Waals surface area contributed by atoms with Crippen LogP contribution in [0.15, 0.2) is 18.3 Å². The normalized spacial score (nSPS) is 8.71. The number of nitrogen functional groups attached to an aromatic ring is 1. The Hall–Kier alpha value is -0.960. The van der Waals surface area contributed by atoms with Crippen LogP contribution in [0.4, 0.5) is 0 Å². The lowest BCUT2D eigenvalue weighted by atomic mass is 10.7. The van der Waals surface area contributed by atoms with Gasteiger partial charge < -0.3 is 0 Å². The van der Waals surface area contributed by atoms with Crippen LogP contribution in [0.2, 0.25) is 0 Å². The number of hydrazine groups is 1. The Morgan fingerprint density at radius 1 is 1.71 bits per heavy atom. The summed E-state index contributed by atoms with van der Waals surface area (Å²) >= 11 is 0. The Morgan fingerprint density at radius 2 is 2.57 bits per heavy atom. The molecule has 7 heavy (non-hydrogen) atoms. The Morgan fingerprint density at radius 3 is 2.86 bits per heavy atom. The largest absolute Gasteiger partial charge is 0.262 e. The molecule has 3 nitrogen and oxygen atoms in total. The first kappa shape index (κ1) is 4.21. The summed E-state index contributed by atoms with van der Waals surface area (Å²) in [6.45, 7) is 0. The molecule has 1 rings (SSSR count). The molecule has 0 atom stereocenters. The van der Waals surface area contributed by atoms with Crippen LogP contribution >= 0.6 is 0 Å². The molecule has 1 radical (unpaired) electrons. The van der Waals surface area contributed by atoms with Gasteiger partial charge in [0.05, 0.1) is 6.20 Å². The van der Waals surface area contributed by atoms with E-state index in [1.54, 1.807) is 12.3 Å². The van der Waals surface area contributed by atoms with Crippen LogP contribution in [0.25, 0.3) is 0 Å². The van der Waals surface area contributed by atoms with Gasteiger partial charge in [-0.3, -0.25) is 10.2 Å². The average Bonchev–Trinajstić information content (AvgIpc) is 2.14. The minimum atomic E-state index is 1.53. The lowest BCUT2D eigenvalue weighted by Crippen LogP contribution is -2.19.